The van der Waals surface area contributed by atoms with Crippen LogP contribution in [0.1, 0.15) is 0 Å². The first-order chi connectivity index (χ1) is 14.3. The molecule has 1 fully saturated rings. The summed E-state index contributed by atoms with van der Waals surface area (Å²) in [6.45, 7) is 0.856. The number of nitrogens with zero attached hydrogens (tertiary/aromatic N) is 4. The van der Waals surface area contributed by atoms with Gasteiger partial charge in [-0.1, -0.05) is 30.0 Å². The number of alkyl halides is 3. The highest BCUT2D eigenvalue weighted by Gasteiger charge is 2.28. The van der Waals surface area contributed by atoms with Crippen molar-refractivity contribution in [3.63, 3.8) is 0 Å². The minimum Gasteiger partial charge on any atom is -0.378 e. The molecule has 0 saturated carbocycles. The number of hydrogen-bond donors (Lipinski definition) is 2. The van der Waals surface area contributed by atoms with Gasteiger partial charge in [-0.2, -0.15) is 13.2 Å². The second-order valence-electron chi connectivity index (χ2n) is 6.19. The Hall–Kier alpha value is -2.80. The van der Waals surface area contributed by atoms with E-state index in [0.29, 0.717) is 37.4 Å². The molecular weight excluding hydrogens is 425 g/mol. The smallest absolute Gasteiger partial charge is 0.378 e. The van der Waals surface area contributed by atoms with Gasteiger partial charge < -0.3 is 15.0 Å². The Morgan fingerprint density at radius 3 is 2.50 bits per heavy atom. The maximum atomic E-state index is 12.1. The fourth-order valence-corrected chi connectivity index (χ4v) is 3.39. The van der Waals surface area contributed by atoms with Crippen molar-refractivity contribution in [3.8, 4) is 5.69 Å². The molecule has 162 valence electrons. The van der Waals surface area contributed by atoms with Gasteiger partial charge in [-0.15, -0.1) is 10.2 Å². The van der Waals surface area contributed by atoms with Gasteiger partial charge in [-0.3, -0.25) is 14.7 Å². The van der Waals surface area contributed by atoms with Crippen LogP contribution in [0.15, 0.2) is 35.5 Å². The first-order valence-corrected chi connectivity index (χ1v) is 9.93. The lowest BCUT2D eigenvalue weighted by atomic mass is 10.3. The molecule has 0 radical (unpaired) electrons. The number of thioether (sulfide) groups is 1. The Bertz CT molecular complexity index is 871. The second-order valence-corrected chi connectivity index (χ2v) is 7.13. The van der Waals surface area contributed by atoms with Crippen LogP contribution < -0.4 is 15.5 Å². The van der Waals surface area contributed by atoms with Gasteiger partial charge in [0.05, 0.1) is 24.7 Å². The van der Waals surface area contributed by atoms with Gasteiger partial charge in [0.2, 0.25) is 11.9 Å². The molecule has 1 aliphatic rings. The van der Waals surface area contributed by atoms with Gasteiger partial charge in [-0.05, 0) is 12.1 Å². The third kappa shape index (κ3) is 6.10. The lowest BCUT2D eigenvalue weighted by Crippen LogP contribution is -2.43. The molecule has 3 amide bonds. The van der Waals surface area contributed by atoms with Crippen LogP contribution in [0.2, 0.25) is 0 Å². The number of rotatable bonds is 6. The molecule has 2 N–H and O–H groups in total. The van der Waals surface area contributed by atoms with E-state index < -0.39 is 24.7 Å². The van der Waals surface area contributed by atoms with E-state index in [1.54, 1.807) is 9.88 Å². The molecule has 3 rings (SSSR count). The Labute approximate surface area is 174 Å². The molecule has 30 heavy (non-hydrogen) atoms. The third-order valence-electron chi connectivity index (χ3n) is 3.96. The summed E-state index contributed by atoms with van der Waals surface area (Å²) in [7, 11) is 0. The number of carbonyl (C=O) groups is 2. The van der Waals surface area contributed by atoms with Crippen LogP contribution in [0.25, 0.3) is 5.69 Å². The number of benzene rings is 1. The molecule has 1 aromatic carbocycles. The van der Waals surface area contributed by atoms with Crippen LogP contribution in [-0.4, -0.2) is 71.5 Å². The average molecular weight is 444 g/mol. The number of urea groups is 1. The summed E-state index contributed by atoms with van der Waals surface area (Å²) in [5.74, 6) is -0.390. The van der Waals surface area contributed by atoms with Crippen LogP contribution in [0.4, 0.5) is 23.9 Å². The second kappa shape index (κ2) is 9.80. The van der Waals surface area contributed by atoms with Gasteiger partial charge in [0.25, 0.3) is 0 Å². The monoisotopic (exact) mass is 444 g/mol. The number of hydrogen-bond acceptors (Lipinski definition) is 7. The van der Waals surface area contributed by atoms with E-state index in [1.165, 1.54) is 0 Å². The largest absolute Gasteiger partial charge is 0.405 e. The molecule has 0 atom stereocenters. The van der Waals surface area contributed by atoms with Crippen molar-refractivity contribution in [2.24, 2.45) is 0 Å². The molecule has 1 saturated heterocycles. The fraction of sp³-hybridized carbons (Fsp3) is 0.412. The highest BCUT2D eigenvalue weighted by atomic mass is 32.2. The molecule has 0 bridgehead atoms. The zero-order valence-corrected chi connectivity index (χ0v) is 16.5. The van der Waals surface area contributed by atoms with E-state index in [0.717, 1.165) is 17.4 Å². The molecule has 9 nitrogen and oxygen atoms in total. The number of morpholine rings is 1. The van der Waals surface area contributed by atoms with Crippen LogP contribution >= 0.6 is 11.8 Å². The zero-order chi connectivity index (χ0) is 21.6. The molecule has 0 spiro atoms. The van der Waals surface area contributed by atoms with Gasteiger partial charge in [-0.25, -0.2) is 4.79 Å². The maximum absolute atomic E-state index is 12.1. The van der Waals surface area contributed by atoms with Crippen LogP contribution in [0.3, 0.4) is 0 Å². The fourth-order valence-electron chi connectivity index (χ4n) is 2.64. The number of nitrogens with one attached hydrogen (secondary N) is 2. The van der Waals surface area contributed by atoms with E-state index in [-0.39, 0.29) is 5.75 Å². The molecule has 13 heteroatoms. The van der Waals surface area contributed by atoms with E-state index >= 15 is 0 Å². The van der Waals surface area contributed by atoms with E-state index in [9.17, 15) is 22.8 Å². The summed E-state index contributed by atoms with van der Waals surface area (Å²) < 4.78 is 43.5. The molecule has 1 aromatic heterocycles. The van der Waals surface area contributed by atoms with E-state index in [2.05, 4.69) is 10.2 Å². The first-order valence-electron chi connectivity index (χ1n) is 8.94. The lowest BCUT2D eigenvalue weighted by molar-refractivity contribution is -0.124. The zero-order valence-electron chi connectivity index (χ0n) is 15.7. The van der Waals surface area contributed by atoms with Gasteiger partial charge >= 0.3 is 12.2 Å². The number of aromatic nitrogens is 3. The summed E-state index contributed by atoms with van der Waals surface area (Å²) in [5, 5.41) is 12.2. The van der Waals surface area contributed by atoms with E-state index in [4.69, 9.17) is 4.74 Å². The number of ether oxygens (including phenoxy) is 1. The molecule has 1 aliphatic heterocycles. The topological polar surface area (TPSA) is 101 Å². The highest BCUT2D eigenvalue weighted by Crippen LogP contribution is 2.27. The highest BCUT2D eigenvalue weighted by molar-refractivity contribution is 7.99. The summed E-state index contributed by atoms with van der Waals surface area (Å²) >= 11 is 1.02. The SMILES string of the molecule is O=C(CSc1nnc(N2CCOCC2)n1-c1ccccc1)NC(=O)NCC(F)(F)F. The number of carbonyl (C=O) groups excluding carboxylic acids is 2. The van der Waals surface area contributed by atoms with Crippen molar-refractivity contribution in [3.05, 3.63) is 30.3 Å². The number of imide groups is 1. The molecule has 0 aliphatic carbocycles. The van der Waals surface area contributed by atoms with Crippen molar-refractivity contribution in [1.82, 2.24) is 25.4 Å². The quantitative estimate of drug-likeness (QED) is 0.653. The predicted octanol–water partition coefficient (Wildman–Crippen LogP) is 1.58. The lowest BCUT2D eigenvalue weighted by Gasteiger charge is -2.27. The molecule has 2 aromatic rings. The Balaban J connectivity index is 1.67. The normalized spacial score (nSPS) is 14.4. The summed E-state index contributed by atoms with van der Waals surface area (Å²) in [5.41, 5.74) is 0.787. The van der Waals surface area contributed by atoms with Crippen molar-refractivity contribution in [2.75, 3.05) is 43.5 Å². The predicted molar refractivity (Wildman–Crippen MR) is 103 cm³/mol. The van der Waals surface area contributed by atoms with Crippen LogP contribution in [0, 0.1) is 0 Å². The Morgan fingerprint density at radius 1 is 1.13 bits per heavy atom. The van der Waals surface area contributed by atoms with Crippen LogP contribution in [0.5, 0.6) is 0 Å². The standard InChI is InChI=1S/C17H19F3N6O3S/c18-17(19,20)11-21-14(28)22-13(27)10-30-16-24-23-15(25-6-8-29-9-7-25)26(16)12-4-2-1-3-5-12/h1-5H,6-11H2,(H2,21,22,27,28). The van der Waals surface area contributed by atoms with Crippen molar-refractivity contribution >= 4 is 29.6 Å². The molecule has 2 heterocycles. The number of para-hydroxylation sites is 1. The van der Waals surface area contributed by atoms with Gasteiger partial charge in [0.15, 0.2) is 5.16 Å². The summed E-state index contributed by atoms with van der Waals surface area (Å²) in [6, 6.07) is 8.08. The average Bonchev–Trinajstić information content (AvgIpc) is 3.15. The minimum atomic E-state index is -4.56. The third-order valence-corrected chi connectivity index (χ3v) is 4.89. The van der Waals surface area contributed by atoms with Gasteiger partial charge in [0, 0.05) is 13.1 Å². The van der Waals surface area contributed by atoms with Crippen LogP contribution in [-0.2, 0) is 9.53 Å². The maximum Gasteiger partial charge on any atom is 0.405 e. The number of anilines is 1. The minimum absolute atomic E-state index is 0.229. The first kappa shape index (κ1) is 21.9. The Kier molecular flexibility index (Phi) is 7.15. The van der Waals surface area contributed by atoms with Crippen molar-refractivity contribution < 1.29 is 27.5 Å². The number of halogens is 3. The molecule has 0 unspecified atom stereocenters. The summed E-state index contributed by atoms with van der Waals surface area (Å²) in [4.78, 5) is 25.4. The van der Waals surface area contributed by atoms with Crippen molar-refractivity contribution in [2.45, 2.75) is 11.3 Å². The Morgan fingerprint density at radius 2 is 1.83 bits per heavy atom. The van der Waals surface area contributed by atoms with E-state index in [1.807, 2.05) is 40.5 Å². The number of amides is 3. The van der Waals surface area contributed by atoms with Gasteiger partial charge in [0.1, 0.15) is 6.54 Å². The molecular formula is C17H19F3N6O3S. The summed E-state index contributed by atoms with van der Waals surface area (Å²) in [6.07, 6.45) is -4.56. The van der Waals surface area contributed by atoms with Crippen molar-refractivity contribution in [1.29, 1.82) is 0 Å².